The summed E-state index contributed by atoms with van der Waals surface area (Å²) in [5.41, 5.74) is 6.35. The van der Waals surface area contributed by atoms with Gasteiger partial charge < -0.3 is 15.5 Å². The highest BCUT2D eigenvalue weighted by Gasteiger charge is 2.29. The van der Waals surface area contributed by atoms with Gasteiger partial charge in [0.2, 0.25) is 11.8 Å². The first-order chi connectivity index (χ1) is 9.92. The van der Waals surface area contributed by atoms with Gasteiger partial charge in [-0.15, -0.1) is 0 Å². The van der Waals surface area contributed by atoms with Crippen molar-refractivity contribution in [2.45, 2.75) is 13.5 Å². The minimum atomic E-state index is -0.451. The lowest BCUT2D eigenvalue weighted by molar-refractivity contribution is -0.150. The lowest BCUT2D eigenvalue weighted by Gasteiger charge is -2.33. The number of benzene rings is 1. The minimum Gasteiger partial charge on any atom is -0.389 e. The number of hydrogen-bond acceptors (Lipinski definition) is 3. The van der Waals surface area contributed by atoms with Crippen molar-refractivity contribution in [1.82, 2.24) is 9.80 Å². The van der Waals surface area contributed by atoms with Crippen molar-refractivity contribution in [2.24, 2.45) is 5.73 Å². The quantitative estimate of drug-likeness (QED) is 0.829. The Bertz CT molecular complexity index is 606. The molecular weight excluding hydrogens is 293 g/mol. The predicted octanol–water partition coefficient (Wildman–Crippen LogP) is 0.651. The Morgan fingerprint density at radius 3 is 2.52 bits per heavy atom. The summed E-state index contributed by atoms with van der Waals surface area (Å²) in [6, 6.07) is 4.27. The molecular formula is C14H16FN3O2S. The second-order valence-electron chi connectivity index (χ2n) is 4.83. The van der Waals surface area contributed by atoms with Crippen LogP contribution in [0, 0.1) is 5.82 Å². The van der Waals surface area contributed by atoms with Gasteiger partial charge in [0.15, 0.2) is 0 Å². The molecule has 2 amide bonds. The minimum absolute atomic E-state index is 0.0322. The third-order valence-electron chi connectivity index (χ3n) is 3.43. The van der Waals surface area contributed by atoms with Crippen molar-refractivity contribution < 1.29 is 14.0 Å². The van der Waals surface area contributed by atoms with E-state index in [2.05, 4.69) is 0 Å². The van der Waals surface area contributed by atoms with Crippen LogP contribution >= 0.6 is 12.2 Å². The molecule has 1 heterocycles. The van der Waals surface area contributed by atoms with Crippen LogP contribution in [0.3, 0.4) is 0 Å². The second kappa shape index (κ2) is 6.17. The Kier molecular flexibility index (Phi) is 4.52. The highest BCUT2D eigenvalue weighted by molar-refractivity contribution is 7.80. The molecule has 0 aliphatic carbocycles. The maximum atomic E-state index is 13.8. The molecule has 21 heavy (non-hydrogen) atoms. The SMILES string of the molecule is CCN1CC(=O)N(Cc2cc(C(N)=S)ccc2F)CC1=O. The summed E-state index contributed by atoms with van der Waals surface area (Å²) in [5.74, 6) is -0.784. The first-order valence-electron chi connectivity index (χ1n) is 6.56. The van der Waals surface area contributed by atoms with Crippen LogP contribution in [-0.2, 0) is 16.1 Å². The molecule has 1 aliphatic heterocycles. The Morgan fingerprint density at radius 1 is 1.29 bits per heavy atom. The zero-order valence-corrected chi connectivity index (χ0v) is 12.5. The van der Waals surface area contributed by atoms with Gasteiger partial charge in [-0.05, 0) is 25.1 Å². The predicted molar refractivity (Wildman–Crippen MR) is 80.0 cm³/mol. The van der Waals surface area contributed by atoms with E-state index in [4.69, 9.17) is 18.0 Å². The number of amides is 2. The summed E-state index contributed by atoms with van der Waals surface area (Å²) in [6.07, 6.45) is 0. The Labute approximate surface area is 127 Å². The molecule has 1 aliphatic rings. The molecule has 1 fully saturated rings. The number of piperazine rings is 1. The number of hydrogen-bond donors (Lipinski definition) is 1. The van der Waals surface area contributed by atoms with E-state index in [1.165, 1.54) is 28.0 Å². The number of rotatable bonds is 4. The number of nitrogens with two attached hydrogens (primary N) is 1. The molecule has 0 atom stereocenters. The van der Waals surface area contributed by atoms with E-state index in [1.54, 1.807) is 0 Å². The molecule has 0 radical (unpaired) electrons. The average molecular weight is 309 g/mol. The molecule has 2 N–H and O–H groups in total. The van der Waals surface area contributed by atoms with Gasteiger partial charge in [0.25, 0.3) is 0 Å². The van der Waals surface area contributed by atoms with Gasteiger partial charge in [0.1, 0.15) is 17.4 Å². The molecule has 2 rings (SSSR count). The van der Waals surface area contributed by atoms with Crippen LogP contribution < -0.4 is 5.73 Å². The molecule has 1 saturated heterocycles. The van der Waals surface area contributed by atoms with Crippen LogP contribution in [0.1, 0.15) is 18.1 Å². The largest absolute Gasteiger partial charge is 0.389 e. The second-order valence-corrected chi connectivity index (χ2v) is 5.27. The molecule has 1 aromatic carbocycles. The molecule has 7 heteroatoms. The molecule has 112 valence electrons. The summed E-state index contributed by atoms with van der Waals surface area (Å²) < 4.78 is 13.8. The monoisotopic (exact) mass is 309 g/mol. The van der Waals surface area contributed by atoms with Crippen molar-refractivity contribution in [3.63, 3.8) is 0 Å². The number of carbonyl (C=O) groups excluding carboxylic acids is 2. The highest BCUT2D eigenvalue weighted by atomic mass is 32.1. The van der Waals surface area contributed by atoms with Gasteiger partial charge in [0, 0.05) is 24.2 Å². The maximum absolute atomic E-state index is 13.8. The summed E-state index contributed by atoms with van der Waals surface area (Å²) in [5, 5.41) is 0. The summed E-state index contributed by atoms with van der Waals surface area (Å²) in [7, 11) is 0. The van der Waals surface area contributed by atoms with Gasteiger partial charge in [-0.2, -0.15) is 0 Å². The van der Waals surface area contributed by atoms with Crippen LogP contribution in [0.5, 0.6) is 0 Å². The van der Waals surface area contributed by atoms with Gasteiger partial charge in [0.05, 0.1) is 6.54 Å². The fourth-order valence-corrected chi connectivity index (χ4v) is 2.32. The Hall–Kier alpha value is -2.02. The third-order valence-corrected chi connectivity index (χ3v) is 3.67. The Balaban J connectivity index is 2.18. The molecule has 0 spiro atoms. The fourth-order valence-electron chi connectivity index (χ4n) is 2.19. The summed E-state index contributed by atoms with van der Waals surface area (Å²) in [6.45, 7) is 2.33. The van der Waals surface area contributed by atoms with E-state index in [9.17, 15) is 14.0 Å². The summed E-state index contributed by atoms with van der Waals surface area (Å²) in [4.78, 5) is 26.8. The topological polar surface area (TPSA) is 66.6 Å². The highest BCUT2D eigenvalue weighted by Crippen LogP contribution is 2.15. The van der Waals surface area contributed by atoms with Crippen molar-refractivity contribution in [1.29, 1.82) is 0 Å². The normalized spacial score (nSPS) is 15.5. The van der Waals surface area contributed by atoms with Crippen LogP contribution in [0.25, 0.3) is 0 Å². The molecule has 0 aromatic heterocycles. The van der Waals surface area contributed by atoms with E-state index < -0.39 is 5.82 Å². The van der Waals surface area contributed by atoms with Crippen LogP contribution in [-0.4, -0.2) is 46.2 Å². The van der Waals surface area contributed by atoms with Gasteiger partial charge in [-0.3, -0.25) is 9.59 Å². The molecule has 0 bridgehead atoms. The number of thiocarbonyl (C=S) groups is 1. The van der Waals surface area contributed by atoms with Crippen molar-refractivity contribution >= 4 is 29.0 Å². The average Bonchev–Trinajstić information content (AvgIpc) is 2.44. The third kappa shape index (κ3) is 3.36. The first kappa shape index (κ1) is 15.4. The van der Waals surface area contributed by atoms with Gasteiger partial charge in [-0.25, -0.2) is 4.39 Å². The summed E-state index contributed by atoms with van der Waals surface area (Å²) >= 11 is 4.86. The number of nitrogens with zero attached hydrogens (tertiary/aromatic N) is 2. The standard InChI is InChI=1S/C14H16FN3O2S/c1-2-17-7-13(20)18(8-12(17)19)6-10-5-9(14(16)21)3-4-11(10)15/h3-5H,2,6-8H2,1H3,(H2,16,21). The lowest BCUT2D eigenvalue weighted by Crippen LogP contribution is -2.53. The number of likely N-dealkylation sites (N-methyl/N-ethyl adjacent to an activating group) is 1. The van der Waals surface area contributed by atoms with Crippen molar-refractivity contribution in [2.75, 3.05) is 19.6 Å². The fraction of sp³-hybridized carbons (Fsp3) is 0.357. The molecule has 0 saturated carbocycles. The van der Waals surface area contributed by atoms with Crippen molar-refractivity contribution in [3.8, 4) is 0 Å². The van der Waals surface area contributed by atoms with E-state index in [0.29, 0.717) is 17.7 Å². The van der Waals surface area contributed by atoms with E-state index in [0.717, 1.165) is 0 Å². The van der Waals surface area contributed by atoms with E-state index in [1.807, 2.05) is 6.92 Å². The first-order valence-corrected chi connectivity index (χ1v) is 6.97. The maximum Gasteiger partial charge on any atom is 0.242 e. The van der Waals surface area contributed by atoms with Crippen LogP contribution in [0.2, 0.25) is 0 Å². The molecule has 5 nitrogen and oxygen atoms in total. The zero-order valence-electron chi connectivity index (χ0n) is 11.6. The number of carbonyl (C=O) groups is 2. The smallest absolute Gasteiger partial charge is 0.242 e. The van der Waals surface area contributed by atoms with E-state index >= 15 is 0 Å². The zero-order chi connectivity index (χ0) is 15.6. The van der Waals surface area contributed by atoms with Crippen molar-refractivity contribution in [3.05, 3.63) is 35.1 Å². The van der Waals surface area contributed by atoms with Gasteiger partial charge in [-0.1, -0.05) is 12.2 Å². The Morgan fingerprint density at radius 2 is 1.90 bits per heavy atom. The van der Waals surface area contributed by atoms with Gasteiger partial charge >= 0.3 is 0 Å². The lowest BCUT2D eigenvalue weighted by atomic mass is 10.1. The van der Waals surface area contributed by atoms with Crippen LogP contribution in [0.4, 0.5) is 4.39 Å². The molecule has 0 unspecified atom stereocenters. The molecule has 1 aromatic rings. The van der Waals surface area contributed by atoms with E-state index in [-0.39, 0.29) is 36.4 Å². The van der Waals surface area contributed by atoms with Crippen LogP contribution in [0.15, 0.2) is 18.2 Å². The number of halogens is 1.